The van der Waals surface area contributed by atoms with Gasteiger partial charge in [-0.15, -0.1) is 0 Å². The van der Waals surface area contributed by atoms with Crippen LogP contribution in [-0.4, -0.2) is 64.5 Å². The average Bonchev–Trinajstić information content (AvgIpc) is 3.05. The van der Waals surface area contributed by atoms with Crippen molar-refractivity contribution in [3.8, 4) is 0 Å². The lowest BCUT2D eigenvalue weighted by Gasteiger charge is -2.31. The number of carbonyl (C=O) groups excluding carboxylic acids is 2. The van der Waals surface area contributed by atoms with Crippen LogP contribution >= 0.6 is 11.8 Å². The number of hydrogen-bond acceptors (Lipinski definition) is 5. The molecule has 1 fully saturated rings. The van der Waals surface area contributed by atoms with Gasteiger partial charge in [0.1, 0.15) is 12.1 Å². The van der Waals surface area contributed by atoms with E-state index in [1.54, 1.807) is 11.8 Å². The minimum absolute atomic E-state index is 0.0933. The zero-order chi connectivity index (χ0) is 18.3. The molecule has 1 rings (SSSR count). The second-order valence-electron chi connectivity index (χ2n) is 6.29. The fourth-order valence-corrected chi connectivity index (χ4v) is 3.27. The normalized spacial score (nSPS) is 21.2. The second-order valence-corrected chi connectivity index (χ2v) is 7.27. The van der Waals surface area contributed by atoms with Crippen molar-refractivity contribution in [2.45, 2.75) is 57.7 Å². The summed E-state index contributed by atoms with van der Waals surface area (Å²) in [4.78, 5) is 37.8. The molecule has 24 heavy (non-hydrogen) atoms. The summed E-state index contributed by atoms with van der Waals surface area (Å²) in [6, 6.07) is -2.19. The molecule has 138 valence electrons. The van der Waals surface area contributed by atoms with E-state index >= 15 is 0 Å². The van der Waals surface area contributed by atoms with Gasteiger partial charge in [-0.05, 0) is 37.2 Å². The molecular weight excluding hydrogens is 330 g/mol. The van der Waals surface area contributed by atoms with E-state index in [0.29, 0.717) is 32.2 Å². The van der Waals surface area contributed by atoms with Crippen LogP contribution in [0, 0.1) is 5.92 Å². The number of nitrogens with two attached hydrogens (primary N) is 1. The zero-order valence-electron chi connectivity index (χ0n) is 14.7. The third-order valence-corrected chi connectivity index (χ3v) is 5.21. The van der Waals surface area contributed by atoms with E-state index < -0.39 is 24.1 Å². The third-order valence-electron chi connectivity index (χ3n) is 4.57. The number of amides is 2. The van der Waals surface area contributed by atoms with Gasteiger partial charge >= 0.3 is 5.97 Å². The van der Waals surface area contributed by atoms with Gasteiger partial charge in [0, 0.05) is 6.54 Å². The van der Waals surface area contributed by atoms with Crippen LogP contribution in [0.15, 0.2) is 0 Å². The standard InChI is InChI=1S/C16H29N3O4S/c1-4-10(2)13(18-14(20)11(17)7-9-24-3)15(21)19-8-5-6-12(19)16(22)23/h10-13H,4-9,17H2,1-3H3,(H,18,20)(H,22,23)/t10-,11-,12+,13-/m0/s1. The molecule has 4 N–H and O–H groups in total. The van der Waals surface area contributed by atoms with Crippen molar-refractivity contribution in [2.24, 2.45) is 11.7 Å². The number of thioether (sulfide) groups is 1. The van der Waals surface area contributed by atoms with Crippen LogP contribution in [0.3, 0.4) is 0 Å². The Balaban J connectivity index is 2.83. The van der Waals surface area contributed by atoms with E-state index in [2.05, 4.69) is 5.32 Å². The maximum Gasteiger partial charge on any atom is 0.326 e. The number of carbonyl (C=O) groups is 3. The highest BCUT2D eigenvalue weighted by Gasteiger charge is 2.39. The Hall–Kier alpha value is -1.28. The Morgan fingerprint density at radius 1 is 1.42 bits per heavy atom. The lowest BCUT2D eigenvalue weighted by atomic mass is 9.97. The maximum absolute atomic E-state index is 12.8. The fraction of sp³-hybridized carbons (Fsp3) is 0.812. The molecule has 0 bridgehead atoms. The van der Waals surface area contributed by atoms with E-state index in [-0.39, 0.29) is 17.7 Å². The van der Waals surface area contributed by atoms with Gasteiger partial charge in [-0.3, -0.25) is 9.59 Å². The molecule has 1 aliphatic heterocycles. The Bertz CT molecular complexity index is 461. The molecule has 0 aromatic heterocycles. The highest BCUT2D eigenvalue weighted by Crippen LogP contribution is 2.21. The minimum Gasteiger partial charge on any atom is -0.480 e. The second kappa shape index (κ2) is 9.88. The van der Waals surface area contributed by atoms with E-state index in [0.717, 1.165) is 5.75 Å². The summed E-state index contributed by atoms with van der Waals surface area (Å²) in [6.45, 7) is 4.22. The van der Waals surface area contributed by atoms with E-state index in [1.165, 1.54) is 4.90 Å². The summed E-state index contributed by atoms with van der Waals surface area (Å²) in [5.74, 6) is -0.992. The molecule has 0 radical (unpaired) electrons. The highest BCUT2D eigenvalue weighted by molar-refractivity contribution is 7.98. The number of hydrogen-bond donors (Lipinski definition) is 3. The van der Waals surface area contributed by atoms with Gasteiger partial charge in [-0.25, -0.2) is 4.79 Å². The smallest absolute Gasteiger partial charge is 0.326 e. The number of nitrogens with one attached hydrogen (secondary N) is 1. The van der Waals surface area contributed by atoms with Gasteiger partial charge in [0.25, 0.3) is 0 Å². The van der Waals surface area contributed by atoms with Crippen molar-refractivity contribution in [1.82, 2.24) is 10.2 Å². The number of carboxylic acids is 1. The quantitative estimate of drug-likeness (QED) is 0.558. The molecule has 0 unspecified atom stereocenters. The topological polar surface area (TPSA) is 113 Å². The van der Waals surface area contributed by atoms with Crippen LogP contribution in [0.25, 0.3) is 0 Å². The molecule has 8 heteroatoms. The molecule has 7 nitrogen and oxygen atoms in total. The van der Waals surface area contributed by atoms with Crippen LogP contribution in [0.2, 0.25) is 0 Å². The first kappa shape index (κ1) is 20.8. The monoisotopic (exact) mass is 359 g/mol. The molecule has 1 aliphatic rings. The predicted molar refractivity (Wildman–Crippen MR) is 94.7 cm³/mol. The lowest BCUT2D eigenvalue weighted by molar-refractivity contribution is -0.150. The van der Waals surface area contributed by atoms with Crippen LogP contribution < -0.4 is 11.1 Å². The van der Waals surface area contributed by atoms with Crippen LogP contribution in [-0.2, 0) is 14.4 Å². The van der Waals surface area contributed by atoms with Gasteiger partial charge in [0.15, 0.2) is 0 Å². The number of likely N-dealkylation sites (tertiary alicyclic amines) is 1. The van der Waals surface area contributed by atoms with Gasteiger partial charge in [0.05, 0.1) is 6.04 Å². The molecule has 0 aromatic rings. The Labute approximate surface area is 147 Å². The molecule has 0 aliphatic carbocycles. The number of aliphatic carboxylic acids is 1. The van der Waals surface area contributed by atoms with Gasteiger partial charge in [0.2, 0.25) is 11.8 Å². The largest absolute Gasteiger partial charge is 0.480 e. The fourth-order valence-electron chi connectivity index (χ4n) is 2.79. The SMILES string of the molecule is CC[C@H](C)[C@H](NC(=O)[C@@H](N)CCSC)C(=O)N1CCC[C@@H]1C(=O)O. The predicted octanol–water partition coefficient (Wildman–Crippen LogP) is 0.673. The summed E-state index contributed by atoms with van der Waals surface area (Å²) in [5.41, 5.74) is 5.88. The first-order valence-electron chi connectivity index (χ1n) is 8.41. The number of nitrogens with zero attached hydrogens (tertiary/aromatic N) is 1. The van der Waals surface area contributed by atoms with Crippen LogP contribution in [0.5, 0.6) is 0 Å². The Morgan fingerprint density at radius 2 is 2.08 bits per heavy atom. The molecule has 4 atom stereocenters. The van der Waals surface area contributed by atoms with Crippen LogP contribution in [0.1, 0.15) is 39.5 Å². The van der Waals surface area contributed by atoms with E-state index in [1.807, 2.05) is 20.1 Å². The summed E-state index contributed by atoms with van der Waals surface area (Å²) in [6.07, 6.45) is 4.29. The van der Waals surface area contributed by atoms with Crippen molar-refractivity contribution in [1.29, 1.82) is 0 Å². The van der Waals surface area contributed by atoms with Gasteiger partial charge in [-0.2, -0.15) is 11.8 Å². The Kier molecular flexibility index (Phi) is 8.55. The van der Waals surface area contributed by atoms with Crippen molar-refractivity contribution in [3.63, 3.8) is 0 Å². The molecule has 1 saturated heterocycles. The van der Waals surface area contributed by atoms with Crippen molar-refractivity contribution >= 4 is 29.5 Å². The average molecular weight is 359 g/mol. The molecular formula is C16H29N3O4S. The van der Waals surface area contributed by atoms with E-state index in [9.17, 15) is 19.5 Å². The molecule has 0 saturated carbocycles. The van der Waals surface area contributed by atoms with Gasteiger partial charge in [-0.1, -0.05) is 20.3 Å². The molecule has 0 spiro atoms. The first-order valence-corrected chi connectivity index (χ1v) is 9.81. The number of rotatable bonds is 9. The molecule has 1 heterocycles. The van der Waals surface area contributed by atoms with Crippen LogP contribution in [0.4, 0.5) is 0 Å². The highest BCUT2D eigenvalue weighted by atomic mass is 32.2. The molecule has 2 amide bonds. The Morgan fingerprint density at radius 3 is 2.62 bits per heavy atom. The van der Waals surface area contributed by atoms with Gasteiger partial charge < -0.3 is 21.1 Å². The summed E-state index contributed by atoms with van der Waals surface area (Å²) < 4.78 is 0. The maximum atomic E-state index is 12.8. The first-order chi connectivity index (χ1) is 11.3. The molecule has 0 aromatic carbocycles. The third kappa shape index (κ3) is 5.37. The van der Waals surface area contributed by atoms with Crippen molar-refractivity contribution in [3.05, 3.63) is 0 Å². The summed E-state index contributed by atoms with van der Waals surface area (Å²) in [7, 11) is 0. The lowest BCUT2D eigenvalue weighted by Crippen LogP contribution is -2.56. The van der Waals surface area contributed by atoms with Crippen molar-refractivity contribution < 1.29 is 19.5 Å². The summed E-state index contributed by atoms with van der Waals surface area (Å²) >= 11 is 1.61. The zero-order valence-corrected chi connectivity index (χ0v) is 15.5. The number of carboxylic acid groups (broad SMARTS) is 1. The van der Waals surface area contributed by atoms with E-state index in [4.69, 9.17) is 5.73 Å². The van der Waals surface area contributed by atoms with Crippen molar-refractivity contribution in [2.75, 3.05) is 18.6 Å². The summed E-state index contributed by atoms with van der Waals surface area (Å²) in [5, 5.41) is 12.0. The minimum atomic E-state index is -0.994.